The van der Waals surface area contributed by atoms with Gasteiger partial charge in [0.25, 0.3) is 0 Å². The van der Waals surface area contributed by atoms with Crippen LogP contribution in [0.25, 0.3) is 0 Å². The first kappa shape index (κ1) is 15.0. The molecular weight excluding hydrogens is 266 g/mol. The van der Waals surface area contributed by atoms with Gasteiger partial charge in [0.05, 0.1) is 6.04 Å². The van der Waals surface area contributed by atoms with E-state index in [9.17, 15) is 0 Å². The summed E-state index contributed by atoms with van der Waals surface area (Å²) in [7, 11) is 0. The minimum atomic E-state index is 0.401. The Hall–Kier alpha value is -1.39. The predicted molar refractivity (Wildman–Crippen MR) is 87.4 cm³/mol. The maximum atomic E-state index is 4.51. The molecule has 0 amide bonds. The molecule has 1 unspecified atom stereocenters. The largest absolute Gasteiger partial charge is 0.368 e. The van der Waals surface area contributed by atoms with Crippen molar-refractivity contribution in [2.75, 3.05) is 25.0 Å². The third kappa shape index (κ3) is 3.81. The van der Waals surface area contributed by atoms with Gasteiger partial charge in [-0.05, 0) is 54.5 Å². The maximum absolute atomic E-state index is 4.51. The van der Waals surface area contributed by atoms with E-state index in [1.54, 1.807) is 11.3 Å². The molecule has 0 bridgehead atoms. The summed E-state index contributed by atoms with van der Waals surface area (Å²) >= 11 is 1.76. The van der Waals surface area contributed by atoms with Crippen LogP contribution >= 0.6 is 11.3 Å². The number of rotatable bonds is 7. The molecule has 0 saturated heterocycles. The standard InChI is InChI=1S/C16H23N3S/c1-4-19(5-2)15(14-9-10-20-12-14)11-17-16-8-6-7-13(3)18-16/h6-10,12,15H,4-5,11H2,1-3H3,(H,17,18). The SMILES string of the molecule is CCN(CC)C(CNc1cccc(C)n1)c1ccsc1. The molecule has 0 aliphatic heterocycles. The van der Waals surface area contributed by atoms with E-state index < -0.39 is 0 Å². The normalized spacial score (nSPS) is 12.6. The molecule has 0 saturated carbocycles. The van der Waals surface area contributed by atoms with Crippen LogP contribution in [0.5, 0.6) is 0 Å². The number of thiophene rings is 1. The fourth-order valence-electron chi connectivity index (χ4n) is 2.43. The first-order chi connectivity index (χ1) is 9.74. The summed E-state index contributed by atoms with van der Waals surface area (Å²) in [4.78, 5) is 6.99. The van der Waals surface area contributed by atoms with E-state index in [2.05, 4.69) is 45.9 Å². The van der Waals surface area contributed by atoms with Crippen LogP contribution in [0.3, 0.4) is 0 Å². The molecule has 2 aromatic heterocycles. The summed E-state index contributed by atoms with van der Waals surface area (Å²) in [5, 5.41) is 7.87. The Morgan fingerprint density at radius 1 is 1.25 bits per heavy atom. The quantitative estimate of drug-likeness (QED) is 0.836. The third-order valence-corrected chi connectivity index (χ3v) is 4.25. The van der Waals surface area contributed by atoms with Gasteiger partial charge in [-0.15, -0.1) is 0 Å². The van der Waals surface area contributed by atoms with Crippen LogP contribution in [0.2, 0.25) is 0 Å². The Morgan fingerprint density at radius 3 is 2.65 bits per heavy atom. The number of nitrogens with one attached hydrogen (secondary N) is 1. The molecule has 2 rings (SSSR count). The highest BCUT2D eigenvalue weighted by molar-refractivity contribution is 7.07. The van der Waals surface area contributed by atoms with Gasteiger partial charge in [-0.25, -0.2) is 4.98 Å². The van der Waals surface area contributed by atoms with E-state index in [4.69, 9.17) is 0 Å². The molecular formula is C16H23N3S. The molecule has 0 fully saturated rings. The van der Waals surface area contributed by atoms with Crippen LogP contribution in [-0.4, -0.2) is 29.5 Å². The minimum absolute atomic E-state index is 0.401. The van der Waals surface area contributed by atoms with Crippen LogP contribution in [0.4, 0.5) is 5.82 Å². The van der Waals surface area contributed by atoms with E-state index >= 15 is 0 Å². The molecule has 20 heavy (non-hydrogen) atoms. The summed E-state index contributed by atoms with van der Waals surface area (Å²) in [6, 6.07) is 8.71. The molecule has 1 atom stereocenters. The van der Waals surface area contributed by atoms with Crippen molar-refractivity contribution in [3.8, 4) is 0 Å². The van der Waals surface area contributed by atoms with Gasteiger partial charge in [0, 0.05) is 12.2 Å². The molecule has 2 aromatic rings. The Balaban J connectivity index is 2.08. The zero-order valence-corrected chi connectivity index (χ0v) is 13.3. The van der Waals surface area contributed by atoms with Crippen molar-refractivity contribution < 1.29 is 0 Å². The van der Waals surface area contributed by atoms with Crippen LogP contribution < -0.4 is 5.32 Å². The molecule has 0 radical (unpaired) electrons. The lowest BCUT2D eigenvalue weighted by Gasteiger charge is -2.29. The second-order valence-electron chi connectivity index (χ2n) is 4.84. The number of aryl methyl sites for hydroxylation is 1. The highest BCUT2D eigenvalue weighted by Crippen LogP contribution is 2.23. The molecule has 0 aromatic carbocycles. The molecule has 2 heterocycles. The van der Waals surface area contributed by atoms with Gasteiger partial charge >= 0.3 is 0 Å². The number of hydrogen-bond donors (Lipinski definition) is 1. The monoisotopic (exact) mass is 289 g/mol. The molecule has 3 nitrogen and oxygen atoms in total. The predicted octanol–water partition coefficient (Wildman–Crippen LogP) is 3.95. The van der Waals surface area contributed by atoms with Crippen molar-refractivity contribution in [1.82, 2.24) is 9.88 Å². The summed E-state index contributed by atoms with van der Waals surface area (Å²) in [5.74, 6) is 0.956. The lowest BCUT2D eigenvalue weighted by molar-refractivity contribution is 0.228. The molecule has 0 aliphatic carbocycles. The van der Waals surface area contributed by atoms with Crippen molar-refractivity contribution in [2.24, 2.45) is 0 Å². The van der Waals surface area contributed by atoms with E-state index in [0.717, 1.165) is 31.1 Å². The summed E-state index contributed by atoms with van der Waals surface area (Å²) in [6.45, 7) is 9.45. The van der Waals surface area contributed by atoms with E-state index in [0.29, 0.717) is 6.04 Å². The lowest BCUT2D eigenvalue weighted by atomic mass is 10.1. The smallest absolute Gasteiger partial charge is 0.126 e. The highest BCUT2D eigenvalue weighted by atomic mass is 32.1. The summed E-state index contributed by atoms with van der Waals surface area (Å²) < 4.78 is 0. The van der Waals surface area contributed by atoms with Gasteiger partial charge in [0.15, 0.2) is 0 Å². The lowest BCUT2D eigenvalue weighted by Crippen LogP contribution is -2.33. The zero-order chi connectivity index (χ0) is 14.4. The molecule has 108 valence electrons. The summed E-state index contributed by atoms with van der Waals surface area (Å²) in [6.07, 6.45) is 0. The Morgan fingerprint density at radius 2 is 2.05 bits per heavy atom. The zero-order valence-electron chi connectivity index (χ0n) is 12.5. The van der Waals surface area contributed by atoms with Gasteiger partial charge in [-0.3, -0.25) is 4.90 Å². The fourth-order valence-corrected chi connectivity index (χ4v) is 3.14. The first-order valence-corrected chi connectivity index (χ1v) is 8.12. The van der Waals surface area contributed by atoms with Crippen molar-refractivity contribution in [3.05, 3.63) is 46.3 Å². The van der Waals surface area contributed by atoms with Crippen LogP contribution in [0.15, 0.2) is 35.0 Å². The Kier molecular flexibility index (Phi) is 5.56. The second kappa shape index (κ2) is 7.41. The molecule has 0 spiro atoms. The number of pyridine rings is 1. The van der Waals surface area contributed by atoms with Gasteiger partial charge in [0.2, 0.25) is 0 Å². The minimum Gasteiger partial charge on any atom is -0.368 e. The van der Waals surface area contributed by atoms with Crippen molar-refractivity contribution in [2.45, 2.75) is 26.8 Å². The average Bonchev–Trinajstić information content (AvgIpc) is 2.97. The molecule has 1 N–H and O–H groups in total. The van der Waals surface area contributed by atoms with Crippen LogP contribution in [0.1, 0.15) is 31.1 Å². The van der Waals surface area contributed by atoms with Gasteiger partial charge in [-0.1, -0.05) is 19.9 Å². The number of hydrogen-bond acceptors (Lipinski definition) is 4. The van der Waals surface area contributed by atoms with Crippen molar-refractivity contribution >= 4 is 17.2 Å². The van der Waals surface area contributed by atoms with Crippen LogP contribution in [0, 0.1) is 6.92 Å². The van der Waals surface area contributed by atoms with E-state index in [-0.39, 0.29) is 0 Å². The second-order valence-corrected chi connectivity index (χ2v) is 5.62. The Bertz CT molecular complexity index is 506. The first-order valence-electron chi connectivity index (χ1n) is 7.18. The summed E-state index contributed by atoms with van der Waals surface area (Å²) in [5.41, 5.74) is 2.43. The number of aromatic nitrogens is 1. The average molecular weight is 289 g/mol. The highest BCUT2D eigenvalue weighted by Gasteiger charge is 2.18. The number of likely N-dealkylation sites (N-methyl/N-ethyl adjacent to an activating group) is 1. The maximum Gasteiger partial charge on any atom is 0.126 e. The van der Waals surface area contributed by atoms with Crippen molar-refractivity contribution in [1.29, 1.82) is 0 Å². The number of nitrogens with zero attached hydrogens (tertiary/aromatic N) is 2. The van der Waals surface area contributed by atoms with E-state index in [1.807, 2.05) is 25.1 Å². The number of anilines is 1. The van der Waals surface area contributed by atoms with Gasteiger partial charge in [-0.2, -0.15) is 11.3 Å². The van der Waals surface area contributed by atoms with Gasteiger partial charge in [0.1, 0.15) is 5.82 Å². The van der Waals surface area contributed by atoms with E-state index in [1.165, 1.54) is 5.56 Å². The molecule has 0 aliphatic rings. The third-order valence-electron chi connectivity index (χ3n) is 3.55. The van der Waals surface area contributed by atoms with Crippen molar-refractivity contribution in [3.63, 3.8) is 0 Å². The van der Waals surface area contributed by atoms with Gasteiger partial charge < -0.3 is 5.32 Å². The molecule has 4 heteroatoms. The fraction of sp³-hybridized carbons (Fsp3) is 0.438. The topological polar surface area (TPSA) is 28.2 Å². The van der Waals surface area contributed by atoms with Crippen LogP contribution in [-0.2, 0) is 0 Å². The Labute approximate surface area is 125 Å².